The number of nitrogens with one attached hydrogen (secondary N) is 1. The molecule has 0 rings (SSSR count). The molecule has 100 valence electrons. The van der Waals surface area contributed by atoms with Gasteiger partial charge in [-0.15, -0.1) is 0 Å². The fraction of sp³-hybridized carbons (Fsp3) is 0.833. The van der Waals surface area contributed by atoms with Crippen molar-refractivity contribution in [2.24, 2.45) is 0 Å². The standard InChI is InChI=1S/C12H24N2O3/c1-5-8-14(9-11(15)17-7-3)10(4)12(16)13-6-2/h10H,5-9H2,1-4H3,(H,13,16). The zero-order chi connectivity index (χ0) is 13.3. The van der Waals surface area contributed by atoms with Crippen LogP contribution in [0.4, 0.5) is 0 Å². The monoisotopic (exact) mass is 244 g/mol. The van der Waals surface area contributed by atoms with Gasteiger partial charge in [0.05, 0.1) is 19.2 Å². The molecular weight excluding hydrogens is 220 g/mol. The number of hydrogen-bond acceptors (Lipinski definition) is 4. The summed E-state index contributed by atoms with van der Waals surface area (Å²) >= 11 is 0. The molecule has 1 N–H and O–H groups in total. The number of likely N-dealkylation sites (N-methyl/N-ethyl adjacent to an activating group) is 1. The Bertz CT molecular complexity index is 244. The molecular formula is C12H24N2O3. The van der Waals surface area contributed by atoms with E-state index in [1.807, 2.05) is 18.7 Å². The maximum atomic E-state index is 11.7. The van der Waals surface area contributed by atoms with Crippen LogP contribution in [0.2, 0.25) is 0 Å². The molecule has 1 atom stereocenters. The van der Waals surface area contributed by atoms with Gasteiger partial charge < -0.3 is 10.1 Å². The summed E-state index contributed by atoms with van der Waals surface area (Å²) in [5.74, 6) is -0.331. The smallest absolute Gasteiger partial charge is 0.320 e. The summed E-state index contributed by atoms with van der Waals surface area (Å²) in [6, 6.07) is -0.306. The average Bonchev–Trinajstić information content (AvgIpc) is 2.28. The summed E-state index contributed by atoms with van der Waals surface area (Å²) in [6.07, 6.45) is 0.892. The van der Waals surface area contributed by atoms with Crippen molar-refractivity contribution in [3.05, 3.63) is 0 Å². The molecule has 0 bridgehead atoms. The molecule has 17 heavy (non-hydrogen) atoms. The Morgan fingerprint density at radius 1 is 1.29 bits per heavy atom. The molecule has 0 aliphatic rings. The number of rotatable bonds is 8. The van der Waals surface area contributed by atoms with Crippen molar-refractivity contribution in [2.75, 3.05) is 26.2 Å². The molecule has 5 heteroatoms. The Labute approximate surface area is 103 Å². The molecule has 0 fully saturated rings. The van der Waals surface area contributed by atoms with Crippen LogP contribution in [0, 0.1) is 0 Å². The summed E-state index contributed by atoms with van der Waals surface area (Å²) in [5, 5.41) is 2.76. The highest BCUT2D eigenvalue weighted by Gasteiger charge is 2.22. The minimum absolute atomic E-state index is 0.0507. The molecule has 0 radical (unpaired) electrons. The van der Waals surface area contributed by atoms with Crippen LogP contribution in [0.25, 0.3) is 0 Å². The molecule has 5 nitrogen and oxygen atoms in total. The third-order valence-electron chi connectivity index (χ3n) is 2.43. The molecule has 0 spiro atoms. The van der Waals surface area contributed by atoms with Crippen LogP contribution in [0.3, 0.4) is 0 Å². The van der Waals surface area contributed by atoms with Crippen LogP contribution in [0.1, 0.15) is 34.1 Å². The molecule has 0 aliphatic carbocycles. The van der Waals surface area contributed by atoms with Gasteiger partial charge in [0.15, 0.2) is 0 Å². The lowest BCUT2D eigenvalue weighted by atomic mass is 10.2. The lowest BCUT2D eigenvalue weighted by Crippen LogP contribution is -2.47. The first-order chi connectivity index (χ1) is 8.06. The number of ether oxygens (including phenoxy) is 1. The van der Waals surface area contributed by atoms with E-state index >= 15 is 0 Å². The van der Waals surface area contributed by atoms with E-state index in [9.17, 15) is 9.59 Å². The minimum atomic E-state index is -0.306. The van der Waals surface area contributed by atoms with Crippen LogP contribution >= 0.6 is 0 Å². The van der Waals surface area contributed by atoms with Crippen molar-refractivity contribution in [1.82, 2.24) is 10.2 Å². The van der Waals surface area contributed by atoms with E-state index in [0.29, 0.717) is 19.7 Å². The third-order valence-corrected chi connectivity index (χ3v) is 2.43. The van der Waals surface area contributed by atoms with E-state index in [1.165, 1.54) is 0 Å². The van der Waals surface area contributed by atoms with Gasteiger partial charge in [-0.25, -0.2) is 0 Å². The van der Waals surface area contributed by atoms with E-state index in [0.717, 1.165) is 6.42 Å². The predicted molar refractivity (Wildman–Crippen MR) is 66.6 cm³/mol. The SMILES string of the molecule is CCCN(CC(=O)OCC)C(C)C(=O)NCC. The molecule has 0 aliphatic heterocycles. The largest absolute Gasteiger partial charge is 0.465 e. The van der Waals surface area contributed by atoms with Gasteiger partial charge in [0.25, 0.3) is 0 Å². The van der Waals surface area contributed by atoms with Crippen molar-refractivity contribution in [1.29, 1.82) is 0 Å². The molecule has 0 heterocycles. The summed E-state index contributed by atoms with van der Waals surface area (Å²) in [7, 11) is 0. The molecule has 1 amide bonds. The number of hydrogen-bond donors (Lipinski definition) is 1. The van der Waals surface area contributed by atoms with Gasteiger partial charge in [0.2, 0.25) is 5.91 Å². The molecule has 1 unspecified atom stereocenters. The summed E-state index contributed by atoms with van der Waals surface area (Å²) < 4.78 is 4.90. The zero-order valence-electron chi connectivity index (χ0n) is 11.3. The van der Waals surface area contributed by atoms with Crippen molar-refractivity contribution in [3.8, 4) is 0 Å². The predicted octanol–water partition coefficient (Wildman–Crippen LogP) is 0.786. The molecule has 0 saturated carbocycles. The van der Waals surface area contributed by atoms with Crippen molar-refractivity contribution >= 4 is 11.9 Å². The Kier molecular flexibility index (Phi) is 8.40. The Morgan fingerprint density at radius 2 is 1.94 bits per heavy atom. The molecule has 0 aromatic carbocycles. The van der Waals surface area contributed by atoms with Gasteiger partial charge >= 0.3 is 5.97 Å². The number of carbonyl (C=O) groups excluding carboxylic acids is 2. The maximum absolute atomic E-state index is 11.7. The second-order valence-corrected chi connectivity index (χ2v) is 3.85. The quantitative estimate of drug-likeness (QED) is 0.641. The first-order valence-electron chi connectivity index (χ1n) is 6.24. The van der Waals surface area contributed by atoms with Crippen molar-refractivity contribution in [2.45, 2.75) is 40.2 Å². The summed E-state index contributed by atoms with van der Waals surface area (Å²) in [5.41, 5.74) is 0. The zero-order valence-corrected chi connectivity index (χ0v) is 11.3. The highest BCUT2D eigenvalue weighted by molar-refractivity contribution is 5.82. The molecule has 0 aromatic rings. The van der Waals surface area contributed by atoms with Gasteiger partial charge in [-0.1, -0.05) is 6.92 Å². The lowest BCUT2D eigenvalue weighted by Gasteiger charge is -2.26. The lowest BCUT2D eigenvalue weighted by molar-refractivity contribution is -0.145. The highest BCUT2D eigenvalue weighted by Crippen LogP contribution is 2.01. The highest BCUT2D eigenvalue weighted by atomic mass is 16.5. The van der Waals surface area contributed by atoms with E-state index in [1.54, 1.807) is 13.8 Å². The van der Waals surface area contributed by atoms with Gasteiger partial charge in [-0.2, -0.15) is 0 Å². The Balaban J connectivity index is 4.38. The third kappa shape index (κ3) is 6.26. The number of carbonyl (C=O) groups is 2. The average molecular weight is 244 g/mol. The van der Waals surface area contributed by atoms with Gasteiger partial charge in [0.1, 0.15) is 0 Å². The molecule has 0 saturated heterocycles. The van der Waals surface area contributed by atoms with Crippen molar-refractivity contribution in [3.63, 3.8) is 0 Å². The van der Waals surface area contributed by atoms with Crippen LogP contribution in [-0.2, 0) is 14.3 Å². The van der Waals surface area contributed by atoms with E-state index < -0.39 is 0 Å². The Hall–Kier alpha value is -1.10. The second-order valence-electron chi connectivity index (χ2n) is 3.85. The topological polar surface area (TPSA) is 58.6 Å². The number of amides is 1. The van der Waals surface area contributed by atoms with Crippen LogP contribution in [-0.4, -0.2) is 49.1 Å². The minimum Gasteiger partial charge on any atom is -0.465 e. The van der Waals surface area contributed by atoms with Gasteiger partial charge in [-0.3, -0.25) is 14.5 Å². The molecule has 0 aromatic heterocycles. The number of nitrogens with zero attached hydrogens (tertiary/aromatic N) is 1. The number of esters is 1. The van der Waals surface area contributed by atoms with E-state index in [4.69, 9.17) is 4.74 Å². The normalized spacial score (nSPS) is 12.3. The fourth-order valence-electron chi connectivity index (χ4n) is 1.56. The van der Waals surface area contributed by atoms with Crippen LogP contribution < -0.4 is 5.32 Å². The maximum Gasteiger partial charge on any atom is 0.320 e. The summed E-state index contributed by atoms with van der Waals surface area (Å²) in [4.78, 5) is 24.9. The first-order valence-corrected chi connectivity index (χ1v) is 6.24. The fourth-order valence-corrected chi connectivity index (χ4v) is 1.56. The Morgan fingerprint density at radius 3 is 2.41 bits per heavy atom. The van der Waals surface area contributed by atoms with E-state index in [2.05, 4.69) is 5.32 Å². The first kappa shape index (κ1) is 15.9. The van der Waals surface area contributed by atoms with Crippen LogP contribution in [0.5, 0.6) is 0 Å². The van der Waals surface area contributed by atoms with Gasteiger partial charge in [-0.05, 0) is 33.7 Å². The van der Waals surface area contributed by atoms with E-state index in [-0.39, 0.29) is 24.5 Å². The van der Waals surface area contributed by atoms with Crippen LogP contribution in [0.15, 0.2) is 0 Å². The summed E-state index contributed by atoms with van der Waals surface area (Å²) in [6.45, 7) is 9.31. The van der Waals surface area contributed by atoms with Crippen molar-refractivity contribution < 1.29 is 14.3 Å². The van der Waals surface area contributed by atoms with Gasteiger partial charge in [0, 0.05) is 6.54 Å². The second kappa shape index (κ2) is 8.98.